The van der Waals surface area contributed by atoms with Crippen LogP contribution in [0.25, 0.3) is 10.9 Å². The second kappa shape index (κ2) is 5.74. The Hall–Kier alpha value is -2.27. The lowest BCUT2D eigenvalue weighted by Crippen LogP contribution is -2.38. The molecule has 23 heavy (non-hydrogen) atoms. The molecule has 0 saturated carbocycles. The summed E-state index contributed by atoms with van der Waals surface area (Å²) >= 11 is 3.50. The van der Waals surface area contributed by atoms with Gasteiger partial charge < -0.3 is 15.2 Å². The molecule has 4 nitrogen and oxygen atoms in total. The Kier molecular flexibility index (Phi) is 3.58. The lowest BCUT2D eigenvalue weighted by Gasteiger charge is -2.29. The SMILES string of the molecule is O=C(Nc1c[nH]c2ccccc12)N1CCc2cc(Br)ccc2C1. The Morgan fingerprint density at radius 3 is 2.96 bits per heavy atom. The summed E-state index contributed by atoms with van der Waals surface area (Å²) in [6, 6.07) is 14.2. The zero-order valence-electron chi connectivity index (χ0n) is 12.5. The van der Waals surface area contributed by atoms with Crippen molar-refractivity contribution in [2.45, 2.75) is 13.0 Å². The number of carbonyl (C=O) groups excluding carboxylic acids is 1. The van der Waals surface area contributed by atoms with Crippen LogP contribution in [0.15, 0.2) is 53.1 Å². The molecule has 4 rings (SSSR count). The monoisotopic (exact) mass is 369 g/mol. The number of para-hydroxylation sites is 1. The number of halogens is 1. The molecule has 2 amide bonds. The van der Waals surface area contributed by atoms with Crippen LogP contribution in [0.4, 0.5) is 10.5 Å². The Labute approximate surface area is 142 Å². The van der Waals surface area contributed by atoms with E-state index in [1.54, 1.807) is 0 Å². The highest BCUT2D eigenvalue weighted by Crippen LogP contribution is 2.25. The van der Waals surface area contributed by atoms with Crippen LogP contribution < -0.4 is 5.32 Å². The number of hydrogen-bond donors (Lipinski definition) is 2. The van der Waals surface area contributed by atoms with E-state index in [0.717, 1.165) is 34.0 Å². The third-order valence-corrected chi connectivity index (χ3v) is 4.79. The van der Waals surface area contributed by atoms with Crippen LogP contribution >= 0.6 is 15.9 Å². The van der Waals surface area contributed by atoms with Crippen LogP contribution in [-0.4, -0.2) is 22.5 Å². The van der Waals surface area contributed by atoms with Crippen molar-refractivity contribution in [3.05, 3.63) is 64.3 Å². The molecule has 2 aromatic carbocycles. The van der Waals surface area contributed by atoms with Crippen molar-refractivity contribution in [1.29, 1.82) is 0 Å². The van der Waals surface area contributed by atoms with Gasteiger partial charge in [-0.15, -0.1) is 0 Å². The molecular weight excluding hydrogens is 354 g/mol. The molecule has 116 valence electrons. The van der Waals surface area contributed by atoms with Gasteiger partial charge in [0.2, 0.25) is 0 Å². The summed E-state index contributed by atoms with van der Waals surface area (Å²) in [5, 5.41) is 4.05. The van der Waals surface area contributed by atoms with Crippen molar-refractivity contribution >= 4 is 38.6 Å². The Morgan fingerprint density at radius 2 is 2.04 bits per heavy atom. The van der Waals surface area contributed by atoms with E-state index >= 15 is 0 Å². The second-order valence-electron chi connectivity index (χ2n) is 5.76. The molecule has 1 aliphatic heterocycles. The first kappa shape index (κ1) is 14.3. The lowest BCUT2D eigenvalue weighted by atomic mass is 10.0. The summed E-state index contributed by atoms with van der Waals surface area (Å²) in [7, 11) is 0. The molecule has 0 unspecified atom stereocenters. The van der Waals surface area contributed by atoms with Gasteiger partial charge >= 0.3 is 6.03 Å². The summed E-state index contributed by atoms with van der Waals surface area (Å²) < 4.78 is 1.09. The van der Waals surface area contributed by atoms with E-state index in [4.69, 9.17) is 0 Å². The topological polar surface area (TPSA) is 48.1 Å². The molecule has 0 saturated heterocycles. The van der Waals surface area contributed by atoms with Crippen molar-refractivity contribution in [3.8, 4) is 0 Å². The average molecular weight is 370 g/mol. The van der Waals surface area contributed by atoms with Crippen molar-refractivity contribution in [2.75, 3.05) is 11.9 Å². The molecule has 0 atom stereocenters. The summed E-state index contributed by atoms with van der Waals surface area (Å²) in [6.45, 7) is 1.38. The standard InChI is InChI=1S/C18H16BrN3O/c19-14-6-5-13-11-22(8-7-12(13)9-14)18(23)21-17-10-20-16-4-2-1-3-15(16)17/h1-6,9-10,20H,7-8,11H2,(H,21,23). The highest BCUT2D eigenvalue weighted by molar-refractivity contribution is 9.10. The van der Waals surface area contributed by atoms with Crippen LogP contribution in [0.2, 0.25) is 0 Å². The number of aromatic amines is 1. The smallest absolute Gasteiger partial charge is 0.322 e. The number of fused-ring (bicyclic) bond motifs is 2. The summed E-state index contributed by atoms with van der Waals surface area (Å²) in [4.78, 5) is 17.6. The number of carbonyl (C=O) groups is 1. The third-order valence-electron chi connectivity index (χ3n) is 4.30. The van der Waals surface area contributed by atoms with E-state index in [0.29, 0.717) is 6.54 Å². The normalized spacial score (nSPS) is 13.9. The van der Waals surface area contributed by atoms with Crippen LogP contribution in [-0.2, 0) is 13.0 Å². The third kappa shape index (κ3) is 2.72. The molecule has 1 aliphatic rings. The Morgan fingerprint density at radius 1 is 1.17 bits per heavy atom. The van der Waals surface area contributed by atoms with Gasteiger partial charge in [0.05, 0.1) is 5.69 Å². The lowest BCUT2D eigenvalue weighted by molar-refractivity contribution is 0.206. The quantitative estimate of drug-likeness (QED) is 0.650. The predicted molar refractivity (Wildman–Crippen MR) is 95.6 cm³/mol. The number of amides is 2. The minimum Gasteiger partial charge on any atom is -0.359 e. The zero-order chi connectivity index (χ0) is 15.8. The number of aromatic nitrogens is 1. The van der Waals surface area contributed by atoms with Gasteiger partial charge in [0, 0.05) is 34.7 Å². The fraction of sp³-hybridized carbons (Fsp3) is 0.167. The molecule has 2 heterocycles. The van der Waals surface area contributed by atoms with Gasteiger partial charge in [-0.05, 0) is 35.7 Å². The number of nitrogens with zero attached hydrogens (tertiary/aromatic N) is 1. The van der Waals surface area contributed by atoms with Crippen LogP contribution in [0.5, 0.6) is 0 Å². The largest absolute Gasteiger partial charge is 0.359 e. The minimum atomic E-state index is -0.0525. The molecule has 0 radical (unpaired) electrons. The molecule has 0 fully saturated rings. The predicted octanol–water partition coefficient (Wildman–Crippen LogP) is 4.52. The Balaban J connectivity index is 1.53. The fourth-order valence-corrected chi connectivity index (χ4v) is 3.47. The molecule has 1 aromatic heterocycles. The van der Waals surface area contributed by atoms with Gasteiger partial charge in [0.15, 0.2) is 0 Å². The number of nitrogens with one attached hydrogen (secondary N) is 2. The van der Waals surface area contributed by atoms with Gasteiger partial charge in [-0.1, -0.05) is 40.2 Å². The molecule has 0 bridgehead atoms. The minimum absolute atomic E-state index is 0.0525. The van der Waals surface area contributed by atoms with Crippen molar-refractivity contribution in [1.82, 2.24) is 9.88 Å². The molecule has 2 N–H and O–H groups in total. The maximum absolute atomic E-state index is 12.6. The second-order valence-corrected chi connectivity index (χ2v) is 6.68. The maximum Gasteiger partial charge on any atom is 0.322 e. The van der Waals surface area contributed by atoms with Crippen molar-refractivity contribution in [2.24, 2.45) is 0 Å². The Bertz CT molecular complexity index is 887. The number of benzene rings is 2. The van der Waals surface area contributed by atoms with Gasteiger partial charge in [0.25, 0.3) is 0 Å². The average Bonchev–Trinajstić information content (AvgIpc) is 2.97. The van der Waals surface area contributed by atoms with E-state index in [1.807, 2.05) is 41.4 Å². The first-order valence-electron chi connectivity index (χ1n) is 7.60. The highest BCUT2D eigenvalue weighted by atomic mass is 79.9. The van der Waals surface area contributed by atoms with E-state index in [1.165, 1.54) is 11.1 Å². The number of hydrogen-bond acceptors (Lipinski definition) is 1. The van der Waals surface area contributed by atoms with Gasteiger partial charge in [-0.25, -0.2) is 4.79 Å². The van der Waals surface area contributed by atoms with Crippen LogP contribution in [0.3, 0.4) is 0 Å². The van der Waals surface area contributed by atoms with Crippen molar-refractivity contribution < 1.29 is 4.79 Å². The molecule has 3 aromatic rings. The molecular formula is C18H16BrN3O. The molecule has 0 aliphatic carbocycles. The van der Waals surface area contributed by atoms with Gasteiger partial charge in [-0.3, -0.25) is 0 Å². The van der Waals surface area contributed by atoms with Gasteiger partial charge in [-0.2, -0.15) is 0 Å². The maximum atomic E-state index is 12.6. The van der Waals surface area contributed by atoms with Gasteiger partial charge in [0.1, 0.15) is 0 Å². The summed E-state index contributed by atoms with van der Waals surface area (Å²) in [5.74, 6) is 0. The number of urea groups is 1. The number of rotatable bonds is 1. The number of H-pyrrole nitrogens is 1. The van der Waals surface area contributed by atoms with Crippen LogP contribution in [0.1, 0.15) is 11.1 Å². The van der Waals surface area contributed by atoms with E-state index in [9.17, 15) is 4.79 Å². The van der Waals surface area contributed by atoms with Crippen molar-refractivity contribution in [3.63, 3.8) is 0 Å². The summed E-state index contributed by atoms with van der Waals surface area (Å²) in [6.07, 6.45) is 2.73. The van der Waals surface area contributed by atoms with E-state index in [-0.39, 0.29) is 6.03 Å². The zero-order valence-corrected chi connectivity index (χ0v) is 14.1. The summed E-state index contributed by atoms with van der Waals surface area (Å²) in [5.41, 5.74) is 4.38. The highest BCUT2D eigenvalue weighted by Gasteiger charge is 2.21. The first-order valence-corrected chi connectivity index (χ1v) is 8.39. The molecule has 5 heteroatoms. The fourth-order valence-electron chi connectivity index (χ4n) is 3.06. The first-order chi connectivity index (χ1) is 11.2. The molecule has 0 spiro atoms. The van der Waals surface area contributed by atoms with E-state index in [2.05, 4.69) is 38.4 Å². The van der Waals surface area contributed by atoms with Crippen LogP contribution in [0, 0.1) is 0 Å². The number of anilines is 1. The van der Waals surface area contributed by atoms with E-state index < -0.39 is 0 Å².